The molecular weight excluding hydrogens is 1220 g/mol. The average Bonchev–Trinajstić information content (AvgIpc) is 1.61. The van der Waals surface area contributed by atoms with Crippen molar-refractivity contribution in [1.29, 1.82) is 0 Å². The van der Waals surface area contributed by atoms with Crippen LogP contribution in [0.4, 0.5) is 17.1 Å². The predicted octanol–water partition coefficient (Wildman–Crippen LogP) is -2.24. The number of azo groups is 1. The van der Waals surface area contributed by atoms with E-state index >= 15 is 0 Å². The molecule has 10 saturated heterocycles. The van der Waals surface area contributed by atoms with Crippen molar-refractivity contribution in [2.75, 3.05) is 77.3 Å². The highest BCUT2D eigenvalue weighted by molar-refractivity contribution is 6.00. The third-order valence-electron chi connectivity index (χ3n) is 20.8. The number of anilines is 1. The van der Waals surface area contributed by atoms with Gasteiger partial charge in [-0.25, -0.2) is 0 Å². The Hall–Kier alpha value is -8.19. The number of β-amino-alcohol motifs (C(OH)–C–C–N with tert-alkyl or cyclic N) is 5. The highest BCUT2D eigenvalue weighted by atomic mass is 16.3. The van der Waals surface area contributed by atoms with Crippen LogP contribution in [0.15, 0.2) is 64.8 Å². The molecule has 506 valence electrons. The van der Waals surface area contributed by atoms with Gasteiger partial charge in [0.2, 0.25) is 65.0 Å². The number of carbonyl (C=O) groups excluding carboxylic acids is 11. The van der Waals surface area contributed by atoms with E-state index in [1.165, 1.54) is 49.0 Å². The first-order valence-electron chi connectivity index (χ1n) is 33.2. The van der Waals surface area contributed by atoms with Gasteiger partial charge in [-0.1, -0.05) is 18.2 Å². The van der Waals surface area contributed by atoms with Gasteiger partial charge in [-0.2, -0.15) is 10.2 Å². The van der Waals surface area contributed by atoms with Crippen LogP contribution in [0.25, 0.3) is 0 Å². The topological polar surface area (TPSA) is 384 Å². The van der Waals surface area contributed by atoms with Gasteiger partial charge in [-0.3, -0.25) is 52.7 Å². The van der Waals surface area contributed by atoms with Gasteiger partial charge in [0.25, 0.3) is 0 Å². The Labute approximate surface area is 542 Å². The molecule has 11 amide bonds. The van der Waals surface area contributed by atoms with Crippen molar-refractivity contribution < 1.29 is 78.3 Å². The minimum Gasteiger partial charge on any atom is -0.391 e. The molecule has 10 aliphatic rings. The van der Waals surface area contributed by atoms with Gasteiger partial charge < -0.3 is 85.6 Å². The largest absolute Gasteiger partial charge is 0.391 e. The first-order valence-corrected chi connectivity index (χ1v) is 33.2. The summed E-state index contributed by atoms with van der Waals surface area (Å²) < 4.78 is 0. The van der Waals surface area contributed by atoms with Crippen molar-refractivity contribution in [2.24, 2.45) is 16.0 Å². The molecule has 0 saturated carbocycles. The third-order valence-corrected chi connectivity index (χ3v) is 20.8. The lowest BCUT2D eigenvalue weighted by molar-refractivity contribution is -0.155. The number of nitrogens with zero attached hydrogens (tertiary/aromatic N) is 12. The first kappa shape index (κ1) is 65.9. The Kier molecular flexibility index (Phi) is 19.4. The summed E-state index contributed by atoms with van der Waals surface area (Å²) in [5, 5.41) is 66.2. The van der Waals surface area contributed by atoms with Crippen molar-refractivity contribution in [2.45, 2.75) is 187 Å². The number of benzene rings is 2. The molecular formula is C64H84N14O16. The molecule has 8 N–H and O–H groups in total. The van der Waals surface area contributed by atoms with Crippen LogP contribution in [0.3, 0.4) is 0 Å². The number of amides is 11. The zero-order chi connectivity index (χ0) is 66.4. The van der Waals surface area contributed by atoms with Crippen molar-refractivity contribution in [1.82, 2.24) is 49.0 Å². The molecule has 0 radical (unpaired) electrons. The van der Waals surface area contributed by atoms with Gasteiger partial charge >= 0.3 is 0 Å². The summed E-state index contributed by atoms with van der Waals surface area (Å²) >= 11 is 0. The van der Waals surface area contributed by atoms with E-state index in [9.17, 15) is 78.3 Å². The molecule has 0 aromatic heterocycles. The van der Waals surface area contributed by atoms with E-state index < -0.39 is 150 Å². The van der Waals surface area contributed by atoms with Crippen LogP contribution in [0.2, 0.25) is 0 Å². The minimum absolute atomic E-state index is 0.0394. The standard InChI is InChI=1S/C64H84N14O16/c65-55(85)49-25-39(79)31-74(49)57(87)45-12-5-21-70(45)62(92)51-27-41(81)33-76(51)59(89)47-14-7-23-72(47)64(94)53-29-43(83)35-78(53)60(90)48-15-8-24-73(48)63(93)52-28-42(82)34-77(52)58(88)46-13-6-22-71(46)61(91)50-26-40(80)32-75(50)56(86)44-11-4-20-69(44)54(84)30-66-36-16-18-38(19-17-36)68-67-37-9-2-1-3-10-37/h1-3,9-10,16-19,39-53,66,79-83H,4-8,11-15,20-35H2,(H2,65,85)/t39?,40?,41?,42?,43?,44-,45-,46-,47-,48-,49-,50-,51-,52-,53-/m0/s1. The molecule has 12 rings (SSSR count). The summed E-state index contributed by atoms with van der Waals surface area (Å²) in [5.74, 6) is -6.46. The van der Waals surface area contributed by atoms with E-state index in [0.717, 1.165) is 0 Å². The SMILES string of the molecule is NC(=O)[C@@H]1CC(O)CN1C(=O)[C@@H]1CCCN1C(=O)[C@@H]1CC(O)CN1C(=O)[C@@H]1CCCN1C(=O)[C@@H]1CC(O)CN1C(=O)[C@@H]1CCCN1C(=O)[C@@H]1CC(O)CN1C(=O)[C@@H]1CCCN1C(=O)[C@@H]1CC(O)CN1C(=O)[C@@H]1CCCN1C(=O)CNc1ccc(N=Nc2ccccc2)cc1. The number of aliphatic hydroxyl groups excluding tert-OH is 5. The molecule has 15 atom stereocenters. The normalized spacial score (nSPS) is 31.9. The lowest BCUT2D eigenvalue weighted by atomic mass is 10.1. The van der Waals surface area contributed by atoms with E-state index in [-0.39, 0.29) is 129 Å². The van der Waals surface area contributed by atoms with Gasteiger partial charge in [0.15, 0.2) is 0 Å². The highest BCUT2D eigenvalue weighted by Crippen LogP contribution is 2.36. The fraction of sp³-hybridized carbons (Fsp3) is 0.641. The van der Waals surface area contributed by atoms with Gasteiger partial charge in [0.05, 0.1) is 48.4 Å². The van der Waals surface area contributed by atoms with Gasteiger partial charge in [-0.15, -0.1) is 0 Å². The van der Waals surface area contributed by atoms with E-state index in [2.05, 4.69) is 15.5 Å². The zero-order valence-electron chi connectivity index (χ0n) is 52.4. The molecule has 0 bridgehead atoms. The molecule has 5 unspecified atom stereocenters. The van der Waals surface area contributed by atoms with Crippen LogP contribution in [-0.2, 0) is 52.7 Å². The second-order valence-electron chi connectivity index (χ2n) is 26.8. The second kappa shape index (κ2) is 27.6. The number of hydrogen-bond donors (Lipinski definition) is 7. The van der Waals surface area contributed by atoms with Crippen LogP contribution < -0.4 is 11.1 Å². The Morgan fingerprint density at radius 3 is 0.936 bits per heavy atom. The minimum atomic E-state index is -1.26. The lowest BCUT2D eigenvalue weighted by Gasteiger charge is -2.37. The summed E-state index contributed by atoms with van der Waals surface area (Å²) in [6.07, 6.45) is -2.85. The average molecular weight is 1310 g/mol. The highest BCUT2D eigenvalue weighted by Gasteiger charge is 2.55. The predicted molar refractivity (Wildman–Crippen MR) is 329 cm³/mol. The van der Waals surface area contributed by atoms with Gasteiger partial charge in [0, 0.05) is 103 Å². The van der Waals surface area contributed by atoms with Crippen LogP contribution in [-0.4, -0.2) is 302 Å². The monoisotopic (exact) mass is 1300 g/mol. The number of carbonyl (C=O) groups is 11. The lowest BCUT2D eigenvalue weighted by Crippen LogP contribution is -2.59. The summed E-state index contributed by atoms with van der Waals surface area (Å²) in [5.41, 5.74) is 7.51. The fourth-order valence-corrected chi connectivity index (χ4v) is 16.2. The number of nitrogens with one attached hydrogen (secondary N) is 1. The number of likely N-dealkylation sites (tertiary alicyclic amines) is 10. The summed E-state index contributed by atoms with van der Waals surface area (Å²) in [7, 11) is 0. The quantitative estimate of drug-likeness (QED) is 0.0928. The molecule has 30 heteroatoms. The number of primary amides is 1. The van der Waals surface area contributed by atoms with Crippen molar-refractivity contribution in [3.63, 3.8) is 0 Å². The maximum atomic E-state index is 14.9. The van der Waals surface area contributed by atoms with Crippen molar-refractivity contribution >= 4 is 82.0 Å². The molecule has 0 spiro atoms. The molecule has 2 aromatic rings. The third kappa shape index (κ3) is 13.1. The van der Waals surface area contributed by atoms with Crippen molar-refractivity contribution in [3.05, 3.63) is 54.6 Å². The van der Waals surface area contributed by atoms with Crippen LogP contribution in [0.1, 0.15) is 96.3 Å². The maximum Gasteiger partial charge on any atom is 0.246 e. The summed E-state index contributed by atoms with van der Waals surface area (Å²) in [6, 6.07) is 5.12. The molecule has 10 heterocycles. The Bertz CT molecular complexity index is 3310. The number of aliphatic hydroxyl groups is 5. The fourth-order valence-electron chi connectivity index (χ4n) is 16.2. The van der Waals surface area contributed by atoms with E-state index in [0.29, 0.717) is 62.1 Å². The number of nitrogens with two attached hydrogens (primary N) is 1. The van der Waals surface area contributed by atoms with Crippen LogP contribution in [0, 0.1) is 0 Å². The van der Waals surface area contributed by atoms with Gasteiger partial charge in [0.1, 0.15) is 60.4 Å². The van der Waals surface area contributed by atoms with Crippen LogP contribution in [0.5, 0.6) is 0 Å². The van der Waals surface area contributed by atoms with Gasteiger partial charge in [-0.05, 0) is 101 Å². The smallest absolute Gasteiger partial charge is 0.246 e. The first-order chi connectivity index (χ1) is 45.1. The summed E-state index contributed by atoms with van der Waals surface area (Å²) in [4.78, 5) is 171. The second-order valence-corrected chi connectivity index (χ2v) is 26.8. The van der Waals surface area contributed by atoms with Crippen molar-refractivity contribution in [3.8, 4) is 0 Å². The molecule has 10 aliphatic heterocycles. The Balaban J connectivity index is 0.670. The van der Waals surface area contributed by atoms with E-state index in [1.54, 1.807) is 24.3 Å². The maximum absolute atomic E-state index is 14.9. The van der Waals surface area contributed by atoms with Crippen LogP contribution >= 0.6 is 0 Å². The molecule has 30 nitrogen and oxygen atoms in total. The molecule has 10 fully saturated rings. The Morgan fingerprint density at radius 1 is 0.351 bits per heavy atom. The zero-order valence-corrected chi connectivity index (χ0v) is 52.4. The molecule has 94 heavy (non-hydrogen) atoms. The van der Waals surface area contributed by atoms with E-state index in [1.807, 2.05) is 30.3 Å². The molecule has 2 aromatic carbocycles. The molecule has 0 aliphatic carbocycles. The Morgan fingerprint density at radius 2 is 0.617 bits per heavy atom. The number of rotatable bonds is 15. The summed E-state index contributed by atoms with van der Waals surface area (Å²) in [6.45, 7) is -0.414. The van der Waals surface area contributed by atoms with E-state index in [4.69, 9.17) is 5.73 Å². The number of hydrogen-bond acceptors (Lipinski definition) is 19.